The summed E-state index contributed by atoms with van der Waals surface area (Å²) >= 11 is 32.8. The summed E-state index contributed by atoms with van der Waals surface area (Å²) in [6.07, 6.45) is 12.4. The molecule has 1 amide bonds. The number of pyridine rings is 3. The molecule has 5 N–H and O–H groups in total. The van der Waals surface area contributed by atoms with Crippen molar-refractivity contribution in [2.24, 2.45) is 5.73 Å². The van der Waals surface area contributed by atoms with Crippen LogP contribution in [0.2, 0.25) is 25.4 Å². The third-order valence-electron chi connectivity index (χ3n) is 16.5. The monoisotopic (exact) mass is 2020 g/mol. The maximum Gasteiger partial charge on any atom is 1.00 e. The second-order valence-corrected chi connectivity index (χ2v) is 34.0. The number of hydrogen-bond donors (Lipinski definition) is 3. The molecule has 0 spiro atoms. The Balaban J connectivity index is 0.000000316. The maximum atomic E-state index is 12.8. The van der Waals surface area contributed by atoms with Crippen molar-refractivity contribution in [1.29, 1.82) is 0 Å². The number of amides is 1. The Labute approximate surface area is 821 Å². The molecule has 25 nitrogen and oxygen atoms in total. The first-order valence-electron chi connectivity index (χ1n) is 35.6. The van der Waals surface area contributed by atoms with E-state index in [1.54, 1.807) is 51.1 Å². The van der Waals surface area contributed by atoms with E-state index in [1.807, 2.05) is 133 Å². The van der Waals surface area contributed by atoms with Crippen LogP contribution in [0.1, 0.15) is 80.0 Å². The van der Waals surface area contributed by atoms with Crippen LogP contribution in [0.4, 0.5) is 27.7 Å². The summed E-state index contributed by atoms with van der Waals surface area (Å²) in [4.78, 5) is 32.9. The number of carbonyl (C=O) groups is 2. The molecule has 0 bridgehead atoms. The number of ether oxygens (including phenoxy) is 4. The van der Waals surface area contributed by atoms with Gasteiger partial charge in [0.25, 0.3) is 6.47 Å². The van der Waals surface area contributed by atoms with Gasteiger partial charge in [0.15, 0.2) is 0 Å². The van der Waals surface area contributed by atoms with Crippen molar-refractivity contribution in [2.75, 3.05) is 96.2 Å². The fraction of sp³-hybridized carbons (Fsp3) is 0.321. The summed E-state index contributed by atoms with van der Waals surface area (Å²) in [6, 6.07) is 57.1. The zero-order valence-electron chi connectivity index (χ0n) is 64.9. The van der Waals surface area contributed by atoms with Gasteiger partial charge in [0, 0.05) is 97.4 Å². The molecule has 12 rings (SSSR count). The Bertz CT molecular complexity index is 4550. The van der Waals surface area contributed by atoms with E-state index in [1.165, 1.54) is 70.2 Å². The Morgan fingerprint density at radius 3 is 1.11 bits per heavy atom. The number of nitrogens with zero attached hydrogens (tertiary/aromatic N) is 8. The predicted molar refractivity (Wildman–Crippen MR) is 448 cm³/mol. The topological polar surface area (TPSA) is 325 Å². The van der Waals surface area contributed by atoms with Crippen molar-refractivity contribution in [3.8, 4) is 50.6 Å². The van der Waals surface area contributed by atoms with E-state index < -0.39 is 42.3 Å². The summed E-state index contributed by atoms with van der Waals surface area (Å²) < 4.78 is 106. The van der Waals surface area contributed by atoms with E-state index in [0.29, 0.717) is 88.5 Å². The van der Waals surface area contributed by atoms with E-state index >= 15 is 0 Å². The van der Waals surface area contributed by atoms with Gasteiger partial charge in [0.1, 0.15) is 39.0 Å². The van der Waals surface area contributed by atoms with Crippen LogP contribution in [0, 0.1) is 0 Å². The number of nitrogen functional groups attached to an aromatic ring is 1. The number of anilines is 4. The van der Waals surface area contributed by atoms with Crippen molar-refractivity contribution < 1.29 is 203 Å². The minimum absolute atomic E-state index is 0. The van der Waals surface area contributed by atoms with Crippen molar-refractivity contribution in [3.05, 3.63) is 226 Å². The largest absolute Gasteiger partial charge is 1.00 e. The van der Waals surface area contributed by atoms with Crippen molar-refractivity contribution in [1.82, 2.24) is 28.3 Å². The van der Waals surface area contributed by atoms with Gasteiger partial charge in [-0.1, -0.05) is 147 Å². The Kier molecular flexibility index (Phi) is 45.9. The second kappa shape index (κ2) is 52.1. The number of halogens is 6. The molecule has 3 saturated heterocycles. The summed E-state index contributed by atoms with van der Waals surface area (Å²) in [6.45, 7) is 10.7. The molecule has 6 heterocycles. The normalized spacial score (nSPS) is 14.3. The van der Waals surface area contributed by atoms with Crippen LogP contribution < -0.4 is 186 Å². The first kappa shape index (κ1) is 100. The molecule has 604 valence electrons. The van der Waals surface area contributed by atoms with Crippen LogP contribution in [0.15, 0.2) is 201 Å². The van der Waals surface area contributed by atoms with Crippen LogP contribution in [0.5, 0.6) is 17.2 Å². The molecule has 3 aromatic heterocycles. The van der Waals surface area contributed by atoms with Crippen LogP contribution >= 0.6 is 73.9 Å². The molecular formula is C78H91BrCl5Cs2N11O14S3. The summed E-state index contributed by atoms with van der Waals surface area (Å²) in [7, 11) is -10.4. The Hall–Kier alpha value is -4.17. The van der Waals surface area contributed by atoms with Crippen LogP contribution in [0.3, 0.4) is 0 Å². The number of nitrogens with two attached hydrogens (primary N) is 2. The van der Waals surface area contributed by atoms with Crippen LogP contribution in [0.25, 0.3) is 33.4 Å². The van der Waals surface area contributed by atoms with E-state index in [2.05, 4.69) is 57.4 Å². The Morgan fingerprint density at radius 1 is 0.491 bits per heavy atom. The number of hydrogen-bond acceptors (Lipinski definition) is 18. The third kappa shape index (κ3) is 34.9. The van der Waals surface area contributed by atoms with E-state index in [-0.39, 0.29) is 156 Å². The van der Waals surface area contributed by atoms with Gasteiger partial charge in [0.2, 0.25) is 0 Å². The average Bonchev–Trinajstić information content (AvgIpc) is 1.78. The van der Waals surface area contributed by atoms with E-state index in [9.17, 15) is 30.0 Å². The van der Waals surface area contributed by atoms with Crippen molar-refractivity contribution in [2.45, 2.75) is 84.2 Å². The molecule has 9 aromatic rings. The molecule has 0 aliphatic carbocycles. The number of primary amides is 1. The van der Waals surface area contributed by atoms with Gasteiger partial charge in [-0.15, -0.1) is 0 Å². The van der Waals surface area contributed by atoms with Gasteiger partial charge in [0.05, 0.1) is 36.9 Å². The number of alkyl halides is 1. The first-order chi connectivity index (χ1) is 53.6. The molecule has 3 aliphatic rings. The maximum absolute atomic E-state index is 12.8. The second-order valence-electron chi connectivity index (χ2n) is 25.8. The molecule has 3 fully saturated rings. The van der Waals surface area contributed by atoms with Gasteiger partial charge in [-0.05, 0) is 215 Å². The minimum Gasteiger partial charge on any atom is -1.00 e. The van der Waals surface area contributed by atoms with E-state index in [0.717, 1.165) is 111 Å². The van der Waals surface area contributed by atoms with Gasteiger partial charge in [-0.2, -0.15) is 38.6 Å². The molecule has 36 heteroatoms. The van der Waals surface area contributed by atoms with Crippen LogP contribution in [-0.4, -0.2) is 144 Å². The minimum atomic E-state index is -3.52. The van der Waals surface area contributed by atoms with Gasteiger partial charge < -0.3 is 42.0 Å². The van der Waals surface area contributed by atoms with Gasteiger partial charge in [-0.3, -0.25) is 17.7 Å². The summed E-state index contributed by atoms with van der Waals surface area (Å²) in [5, 5.41) is 12.3. The molecule has 114 heavy (non-hydrogen) atoms. The van der Waals surface area contributed by atoms with Gasteiger partial charge in [-0.25, -0.2) is 19.7 Å². The number of benzene rings is 6. The van der Waals surface area contributed by atoms with Crippen LogP contribution in [-0.2, 0) is 45.0 Å². The molecule has 0 atom stereocenters. The molecule has 0 radical (unpaired) electrons. The fourth-order valence-corrected chi connectivity index (χ4v) is 16.7. The average molecular weight is 2030 g/mol. The number of carbonyl (C=O) groups excluding carboxylic acids is 2. The number of rotatable bonds is 27. The smallest absolute Gasteiger partial charge is 1.00 e. The zero-order chi connectivity index (χ0) is 81.1. The van der Waals surface area contributed by atoms with Crippen molar-refractivity contribution >= 4 is 140 Å². The predicted octanol–water partition coefficient (Wildman–Crippen LogP) is 10.0. The molecule has 0 unspecified atom stereocenters. The quantitative estimate of drug-likeness (QED) is 0.0108. The zero-order valence-corrected chi connectivity index (χ0v) is 84.3. The summed E-state index contributed by atoms with van der Waals surface area (Å²) in [5.74, 6) is 2.88. The molecular weight excluding hydrogens is 1930 g/mol. The van der Waals surface area contributed by atoms with Crippen molar-refractivity contribution in [3.63, 3.8) is 0 Å². The van der Waals surface area contributed by atoms with Gasteiger partial charge >= 0.3 is 175 Å². The standard InChI is InChI=1S/C24H25Cl2N3O3S.C24H27ClN4O3S.C17H18BrClO.C7H8ClN3O2S.C5H11NO2.CH2O3.2Cs.H/c2*25-21-8-4-19(5-9-21)20-6-10-23(11-7-20)32-17-3-1-2-14-28-15-16-29(33(28,30)31)22-12-13-27-24(26)18-22;18-12-2-1-3-13-20-17-10-6-15(7-11-17)14-4-8-16(19)9-5-14;8-7-5-6(1-2-9-7)11-4-3-10-14(11,12)13;1-5(2,3)8-4(6)7;2-1-4-3;;;/h4-13,18H,1-3,14-17H2;4-13,18H,1-3,14-17H2,(H2,26,27);4-11H,1-3,12-13H2;1-2,5,10H,3-4H2;1-3H3,(H2,6,7);1,3H;;;/q;;;;;;2*+1;-1/p-1. The first-order valence-corrected chi connectivity index (χ1v) is 42.8. The number of unbranched alkanes of at least 4 members (excludes halogenated alkanes) is 6. The molecule has 3 aliphatic heterocycles. The number of aromatic nitrogens is 3. The van der Waals surface area contributed by atoms with E-state index in [4.69, 9.17) is 93.7 Å². The molecule has 0 saturated carbocycles. The molecule has 6 aromatic carbocycles. The number of nitrogens with one attached hydrogen (secondary N) is 1. The Morgan fingerprint density at radius 2 is 0.816 bits per heavy atom. The summed E-state index contributed by atoms with van der Waals surface area (Å²) in [5.41, 5.74) is 18.4. The third-order valence-corrected chi connectivity index (χ3v) is 23.7. The SMILES string of the molecule is CC(C)(C)OC(N)=O.Clc1ccc(-c2ccc(OCCCCCBr)cc2)cc1.Nc1cc(N2CCN(CCCCCOc3ccc(-c4ccc(Cl)cc4)cc3)S2(=O)=O)ccn1.O=CO[O-].O=S1(=O)N(CCCCCOc2ccc(-c3ccc(Cl)cc3)cc2)CCN1c1ccnc(Cl)c1.O=S1(=O)NCCN1c1ccnc(Cl)c1.[Cs+].[Cs+].[H-]. The fourth-order valence-electron chi connectivity index (χ4n) is 11.1.